The topological polar surface area (TPSA) is 51.6 Å². The summed E-state index contributed by atoms with van der Waals surface area (Å²) in [4.78, 5) is 11.4. The van der Waals surface area contributed by atoms with Crippen LogP contribution >= 0.6 is 0 Å². The van der Waals surface area contributed by atoms with E-state index in [0.29, 0.717) is 24.3 Å². The Kier molecular flexibility index (Phi) is 6.34. The third-order valence-corrected chi connectivity index (χ3v) is 8.03. The van der Waals surface area contributed by atoms with Crippen molar-refractivity contribution < 1.29 is 79.0 Å². The molecule has 0 radical (unpaired) electrons. The van der Waals surface area contributed by atoms with E-state index in [0.717, 1.165) is 0 Å². The first-order chi connectivity index (χ1) is 22.8. The molecule has 2 heterocycles. The second-order valence-corrected chi connectivity index (χ2v) is 10.9. The second kappa shape index (κ2) is 9.44. The van der Waals surface area contributed by atoms with E-state index in [1.165, 1.54) is 0 Å². The van der Waals surface area contributed by atoms with Gasteiger partial charge in [0.05, 0.1) is 0 Å². The van der Waals surface area contributed by atoms with Crippen molar-refractivity contribution in [3.63, 3.8) is 0 Å². The molecular formula is C28H4F18N4. The van der Waals surface area contributed by atoms with Crippen molar-refractivity contribution in [1.82, 2.24) is 19.9 Å². The van der Waals surface area contributed by atoms with Crippen LogP contribution in [-0.2, 0) is 11.8 Å². The molecule has 5 aromatic carbocycles. The number of halogens is 18. The van der Waals surface area contributed by atoms with Gasteiger partial charge in [0.2, 0.25) is 11.6 Å². The summed E-state index contributed by atoms with van der Waals surface area (Å²) in [6, 6.07) is 1.35. The lowest BCUT2D eigenvalue weighted by Crippen LogP contribution is -2.50. The Bertz CT molecular complexity index is 2270. The highest BCUT2D eigenvalue weighted by Crippen LogP contribution is 2.54. The predicted octanol–water partition coefficient (Wildman–Crippen LogP) is 10.2. The van der Waals surface area contributed by atoms with Crippen LogP contribution in [-0.4, -0.2) is 44.1 Å². The molecule has 262 valence electrons. The van der Waals surface area contributed by atoms with E-state index in [-0.39, 0.29) is 0 Å². The summed E-state index contributed by atoms with van der Waals surface area (Å²) in [5.74, 6) is -38.9. The Morgan fingerprint density at radius 2 is 0.560 bits per heavy atom. The third kappa shape index (κ3) is 3.94. The minimum Gasteiger partial charge on any atom is -0.224 e. The number of rotatable bonds is 4. The molecule has 0 amide bonds. The molecule has 0 saturated heterocycles. The Hall–Kier alpha value is -4.92. The molecule has 0 aliphatic rings. The quantitative estimate of drug-likeness (QED) is 0.103. The minimum atomic E-state index is -6.90. The SMILES string of the molecule is Fc1cc2c3cc(F)c4nc(C(F)(F)C(F)(F)C(F)(F)F)nc5c(F)cc(c6cc(F)c7nc(C(F)(F)C(F)(F)C(F)(F)F)nc1c7c26)c3c45. The number of hydrogen-bond donors (Lipinski definition) is 0. The fourth-order valence-electron chi connectivity index (χ4n) is 5.75. The maximum Gasteiger partial charge on any atom is 0.460 e. The standard InChI is InChI=1S/C28H4F18N4/c29-9-1-5-6-2-10(30)19-16-14(6)8(4-12(32)20(16)50-22(49-19)24(35,36)26(39,40)28(44,45)46)7-3-11(31)18-15(13(5)7)17(9)47-21(48-18)23(33,34)25(37,38)27(41,42)43/h1-4H. The van der Waals surface area contributed by atoms with Gasteiger partial charge in [-0.2, -0.15) is 61.5 Å². The van der Waals surface area contributed by atoms with E-state index in [9.17, 15) is 61.5 Å². The summed E-state index contributed by atoms with van der Waals surface area (Å²) < 4.78 is 253. The molecule has 0 saturated carbocycles. The number of fused-ring (bicyclic) bond motifs is 2. The fraction of sp³-hybridized carbons (Fsp3) is 0.214. The van der Waals surface area contributed by atoms with Crippen LogP contribution in [0, 0.1) is 23.3 Å². The summed E-state index contributed by atoms with van der Waals surface area (Å²) in [6.07, 6.45) is -13.8. The molecule has 7 aromatic rings. The molecule has 0 spiro atoms. The zero-order valence-electron chi connectivity index (χ0n) is 22.9. The summed E-state index contributed by atoms with van der Waals surface area (Å²) in [7, 11) is 0. The largest absolute Gasteiger partial charge is 0.460 e. The summed E-state index contributed by atoms with van der Waals surface area (Å²) in [6.45, 7) is 0. The fourth-order valence-corrected chi connectivity index (χ4v) is 5.75. The molecule has 0 fully saturated rings. The van der Waals surface area contributed by atoms with Crippen LogP contribution in [0.3, 0.4) is 0 Å². The van der Waals surface area contributed by atoms with E-state index < -0.39 is 136 Å². The van der Waals surface area contributed by atoms with Gasteiger partial charge in [-0.1, -0.05) is 0 Å². The van der Waals surface area contributed by atoms with Gasteiger partial charge in [-0.25, -0.2) is 37.5 Å². The molecule has 0 atom stereocenters. The van der Waals surface area contributed by atoms with Gasteiger partial charge in [0.15, 0.2) is 0 Å². The lowest BCUT2D eigenvalue weighted by atomic mass is 9.87. The average molecular weight is 738 g/mol. The molecule has 4 nitrogen and oxygen atoms in total. The molecule has 50 heavy (non-hydrogen) atoms. The van der Waals surface area contributed by atoms with Crippen LogP contribution in [0.1, 0.15) is 11.6 Å². The molecular weight excluding hydrogens is 734 g/mol. The van der Waals surface area contributed by atoms with Gasteiger partial charge in [-0.3, -0.25) is 0 Å². The lowest BCUT2D eigenvalue weighted by molar-refractivity contribution is -0.361. The normalized spacial score (nSPS) is 14.6. The molecule has 7 rings (SSSR count). The first kappa shape index (κ1) is 33.6. The number of benzene rings is 5. The minimum absolute atomic E-state index is 0.338. The van der Waals surface area contributed by atoms with Crippen LogP contribution < -0.4 is 0 Å². The zero-order valence-corrected chi connectivity index (χ0v) is 22.9. The number of alkyl halides is 14. The van der Waals surface area contributed by atoms with Gasteiger partial charge < -0.3 is 0 Å². The molecule has 2 aromatic heterocycles. The summed E-state index contributed by atoms with van der Waals surface area (Å²) in [5, 5.41) is -5.28. The van der Waals surface area contributed by atoms with Crippen LogP contribution in [0.5, 0.6) is 0 Å². The van der Waals surface area contributed by atoms with Crippen molar-refractivity contribution in [3.8, 4) is 0 Å². The van der Waals surface area contributed by atoms with Gasteiger partial charge in [0.25, 0.3) is 0 Å². The monoisotopic (exact) mass is 738 g/mol. The Morgan fingerprint density at radius 3 is 0.760 bits per heavy atom. The Morgan fingerprint density at radius 1 is 0.340 bits per heavy atom. The molecule has 0 unspecified atom stereocenters. The van der Waals surface area contributed by atoms with E-state index in [2.05, 4.69) is 19.9 Å². The molecule has 22 heteroatoms. The van der Waals surface area contributed by atoms with Crippen LogP contribution in [0.4, 0.5) is 79.0 Å². The van der Waals surface area contributed by atoms with E-state index in [1.807, 2.05) is 0 Å². The van der Waals surface area contributed by atoms with Crippen molar-refractivity contribution in [2.45, 2.75) is 36.0 Å². The summed E-state index contributed by atoms with van der Waals surface area (Å²) >= 11 is 0. The summed E-state index contributed by atoms with van der Waals surface area (Å²) in [5.41, 5.74) is -5.80. The maximum absolute atomic E-state index is 15.5. The van der Waals surface area contributed by atoms with E-state index in [4.69, 9.17) is 0 Å². The van der Waals surface area contributed by atoms with E-state index >= 15 is 17.6 Å². The first-order valence-electron chi connectivity index (χ1n) is 13.0. The van der Waals surface area contributed by atoms with Gasteiger partial charge in [-0.05, 0) is 45.8 Å². The Labute approximate surface area is 260 Å². The van der Waals surface area contributed by atoms with Crippen molar-refractivity contribution in [1.29, 1.82) is 0 Å². The van der Waals surface area contributed by atoms with Gasteiger partial charge in [0.1, 0.15) is 45.3 Å². The van der Waals surface area contributed by atoms with Crippen molar-refractivity contribution >= 4 is 65.2 Å². The van der Waals surface area contributed by atoms with E-state index in [1.54, 1.807) is 0 Å². The lowest BCUT2D eigenvalue weighted by Gasteiger charge is -2.27. The molecule has 0 bridgehead atoms. The van der Waals surface area contributed by atoms with Gasteiger partial charge in [-0.15, -0.1) is 0 Å². The number of nitrogens with zero attached hydrogens (tertiary/aromatic N) is 4. The van der Waals surface area contributed by atoms with Crippen molar-refractivity contribution in [2.24, 2.45) is 0 Å². The molecule has 0 aliphatic heterocycles. The highest BCUT2D eigenvalue weighted by atomic mass is 19.4. The predicted molar refractivity (Wildman–Crippen MR) is 135 cm³/mol. The van der Waals surface area contributed by atoms with Gasteiger partial charge >= 0.3 is 36.0 Å². The zero-order chi connectivity index (χ0) is 37.0. The second-order valence-electron chi connectivity index (χ2n) is 10.9. The number of aromatic nitrogens is 4. The number of hydrogen-bond acceptors (Lipinski definition) is 4. The highest BCUT2D eigenvalue weighted by molar-refractivity contribution is 6.38. The smallest absolute Gasteiger partial charge is 0.224 e. The van der Waals surface area contributed by atoms with Crippen molar-refractivity contribution in [2.75, 3.05) is 0 Å². The van der Waals surface area contributed by atoms with Gasteiger partial charge in [0, 0.05) is 21.5 Å². The maximum atomic E-state index is 15.5. The third-order valence-electron chi connectivity index (χ3n) is 8.03. The Balaban J connectivity index is 1.61. The highest BCUT2D eigenvalue weighted by Gasteiger charge is 2.76. The van der Waals surface area contributed by atoms with Crippen LogP contribution in [0.2, 0.25) is 0 Å². The van der Waals surface area contributed by atoms with Crippen LogP contribution in [0.15, 0.2) is 24.3 Å². The average Bonchev–Trinajstić information content (AvgIpc) is 3.00. The van der Waals surface area contributed by atoms with Crippen LogP contribution in [0.25, 0.3) is 65.2 Å². The molecule has 0 N–H and O–H groups in total. The first-order valence-corrected chi connectivity index (χ1v) is 13.0. The molecule has 0 aliphatic carbocycles. The van der Waals surface area contributed by atoms with Crippen molar-refractivity contribution in [3.05, 3.63) is 59.2 Å².